The van der Waals surface area contributed by atoms with Crippen molar-refractivity contribution in [3.8, 4) is 5.75 Å². The number of amides is 1. The first kappa shape index (κ1) is 14.8. The summed E-state index contributed by atoms with van der Waals surface area (Å²) >= 11 is 0. The second-order valence-electron chi connectivity index (χ2n) is 4.63. The molecule has 4 nitrogen and oxygen atoms in total. The Morgan fingerprint density at radius 1 is 0.952 bits per heavy atom. The van der Waals surface area contributed by atoms with Gasteiger partial charge in [0.1, 0.15) is 5.75 Å². The van der Waals surface area contributed by atoms with Gasteiger partial charge in [-0.05, 0) is 24.6 Å². The minimum Gasteiger partial charge on any atom is -0.494 e. The van der Waals surface area contributed by atoms with Crippen LogP contribution in [0.2, 0.25) is 0 Å². The summed E-state index contributed by atoms with van der Waals surface area (Å²) in [6.07, 6.45) is 1.05. The Bertz CT molecular complexity index is 623. The number of ether oxygens (including phenoxy) is 1. The first-order chi connectivity index (χ1) is 10.2. The highest BCUT2D eigenvalue weighted by Crippen LogP contribution is 2.14. The molecule has 108 valence electrons. The standard InChI is InChI=1S/C17H17NO3/c18-17(20)14-8-4-9-15(12-14)21-11-5-10-16(19)13-6-2-1-3-7-13/h1-4,6-9,12H,5,10-11H2,(H2,18,20). The third-order valence-electron chi connectivity index (χ3n) is 3.03. The van der Waals surface area contributed by atoms with Gasteiger partial charge in [0.05, 0.1) is 6.61 Å². The largest absolute Gasteiger partial charge is 0.494 e. The van der Waals surface area contributed by atoms with Gasteiger partial charge < -0.3 is 10.5 Å². The van der Waals surface area contributed by atoms with Crippen LogP contribution < -0.4 is 10.5 Å². The Morgan fingerprint density at radius 2 is 1.67 bits per heavy atom. The number of rotatable bonds is 7. The number of hydrogen-bond acceptors (Lipinski definition) is 3. The van der Waals surface area contributed by atoms with E-state index in [9.17, 15) is 9.59 Å². The molecule has 0 saturated heterocycles. The summed E-state index contributed by atoms with van der Waals surface area (Å²) in [7, 11) is 0. The molecule has 0 aliphatic heterocycles. The van der Waals surface area contributed by atoms with Crippen LogP contribution in [0.15, 0.2) is 54.6 Å². The van der Waals surface area contributed by atoms with Crippen LogP contribution in [0, 0.1) is 0 Å². The van der Waals surface area contributed by atoms with Crippen LogP contribution in [-0.2, 0) is 0 Å². The molecule has 0 radical (unpaired) electrons. The molecule has 4 heteroatoms. The Balaban J connectivity index is 1.79. The quantitative estimate of drug-likeness (QED) is 0.627. The van der Waals surface area contributed by atoms with Crippen molar-refractivity contribution in [1.29, 1.82) is 0 Å². The van der Waals surface area contributed by atoms with E-state index in [0.29, 0.717) is 36.3 Å². The normalized spacial score (nSPS) is 10.1. The number of benzene rings is 2. The van der Waals surface area contributed by atoms with Gasteiger partial charge in [-0.3, -0.25) is 9.59 Å². The first-order valence-corrected chi connectivity index (χ1v) is 6.78. The highest BCUT2D eigenvalue weighted by Gasteiger charge is 2.05. The van der Waals surface area contributed by atoms with E-state index in [1.165, 1.54) is 0 Å². The number of ketones is 1. The lowest BCUT2D eigenvalue weighted by Crippen LogP contribution is -2.11. The molecule has 0 bridgehead atoms. The maximum Gasteiger partial charge on any atom is 0.248 e. The maximum absolute atomic E-state index is 11.9. The van der Waals surface area contributed by atoms with Gasteiger partial charge >= 0.3 is 0 Å². The third kappa shape index (κ3) is 4.45. The van der Waals surface area contributed by atoms with Gasteiger partial charge in [0.2, 0.25) is 5.91 Å². The number of nitrogens with two attached hydrogens (primary N) is 1. The molecule has 0 aliphatic carbocycles. The zero-order chi connectivity index (χ0) is 15.1. The SMILES string of the molecule is NC(=O)c1cccc(OCCCC(=O)c2ccccc2)c1. The van der Waals surface area contributed by atoms with Crippen molar-refractivity contribution in [3.63, 3.8) is 0 Å². The van der Waals surface area contributed by atoms with E-state index in [1.807, 2.05) is 18.2 Å². The minimum absolute atomic E-state index is 0.102. The van der Waals surface area contributed by atoms with Crippen LogP contribution in [0.5, 0.6) is 5.75 Å². The van der Waals surface area contributed by atoms with E-state index in [1.54, 1.807) is 36.4 Å². The molecular weight excluding hydrogens is 266 g/mol. The van der Waals surface area contributed by atoms with Crippen molar-refractivity contribution in [2.45, 2.75) is 12.8 Å². The fourth-order valence-electron chi connectivity index (χ4n) is 1.93. The van der Waals surface area contributed by atoms with Crippen molar-refractivity contribution in [3.05, 3.63) is 65.7 Å². The van der Waals surface area contributed by atoms with Gasteiger partial charge in [0.15, 0.2) is 5.78 Å². The monoisotopic (exact) mass is 283 g/mol. The fourth-order valence-corrected chi connectivity index (χ4v) is 1.93. The van der Waals surface area contributed by atoms with E-state index >= 15 is 0 Å². The second kappa shape index (κ2) is 7.24. The lowest BCUT2D eigenvalue weighted by Gasteiger charge is -2.07. The number of Topliss-reactive ketones (excluding diaryl/α,β-unsaturated/α-hetero) is 1. The summed E-state index contributed by atoms with van der Waals surface area (Å²) in [4.78, 5) is 22.9. The zero-order valence-corrected chi connectivity index (χ0v) is 11.6. The van der Waals surface area contributed by atoms with Gasteiger partial charge in [0.25, 0.3) is 0 Å². The first-order valence-electron chi connectivity index (χ1n) is 6.78. The van der Waals surface area contributed by atoms with Gasteiger partial charge in [-0.25, -0.2) is 0 Å². The molecule has 21 heavy (non-hydrogen) atoms. The molecular formula is C17H17NO3. The third-order valence-corrected chi connectivity index (χ3v) is 3.03. The van der Waals surface area contributed by atoms with Crippen molar-refractivity contribution >= 4 is 11.7 Å². The smallest absolute Gasteiger partial charge is 0.248 e. The van der Waals surface area contributed by atoms with Gasteiger partial charge in [0, 0.05) is 17.5 Å². The molecule has 0 aliphatic rings. The van der Waals surface area contributed by atoms with E-state index in [2.05, 4.69) is 0 Å². The molecule has 2 N–H and O–H groups in total. The second-order valence-corrected chi connectivity index (χ2v) is 4.63. The average Bonchev–Trinajstić information content (AvgIpc) is 2.52. The Hall–Kier alpha value is -2.62. The van der Waals surface area contributed by atoms with Crippen molar-refractivity contribution < 1.29 is 14.3 Å². The number of hydrogen-bond donors (Lipinski definition) is 1. The molecule has 0 aromatic heterocycles. The Morgan fingerprint density at radius 3 is 2.38 bits per heavy atom. The molecule has 1 amide bonds. The van der Waals surface area contributed by atoms with E-state index in [4.69, 9.17) is 10.5 Å². The summed E-state index contributed by atoms with van der Waals surface area (Å²) in [6.45, 7) is 0.417. The predicted octanol–water partition coefficient (Wildman–Crippen LogP) is 2.83. The molecule has 2 rings (SSSR count). The molecule has 0 atom stereocenters. The number of carbonyl (C=O) groups excluding carboxylic acids is 2. The van der Waals surface area contributed by atoms with Gasteiger partial charge in [-0.15, -0.1) is 0 Å². The summed E-state index contributed by atoms with van der Waals surface area (Å²) in [5.41, 5.74) is 6.33. The number of primary amides is 1. The van der Waals surface area contributed by atoms with E-state index in [0.717, 1.165) is 0 Å². The van der Waals surface area contributed by atoms with Crippen molar-refractivity contribution in [2.24, 2.45) is 5.73 Å². The Labute approximate surface area is 123 Å². The summed E-state index contributed by atoms with van der Waals surface area (Å²) in [6, 6.07) is 15.9. The van der Waals surface area contributed by atoms with Crippen molar-refractivity contribution in [1.82, 2.24) is 0 Å². The lowest BCUT2D eigenvalue weighted by molar-refractivity contribution is 0.0972. The summed E-state index contributed by atoms with van der Waals surface area (Å²) < 4.78 is 5.52. The minimum atomic E-state index is -0.486. The highest BCUT2D eigenvalue weighted by molar-refractivity contribution is 5.96. The average molecular weight is 283 g/mol. The van der Waals surface area contributed by atoms with Crippen LogP contribution in [0.4, 0.5) is 0 Å². The highest BCUT2D eigenvalue weighted by atomic mass is 16.5. The Kier molecular flexibility index (Phi) is 5.10. The van der Waals surface area contributed by atoms with Gasteiger partial charge in [-0.2, -0.15) is 0 Å². The van der Waals surface area contributed by atoms with Crippen LogP contribution in [-0.4, -0.2) is 18.3 Å². The molecule has 0 unspecified atom stereocenters. The van der Waals surface area contributed by atoms with E-state index < -0.39 is 5.91 Å². The summed E-state index contributed by atoms with van der Waals surface area (Å²) in [5, 5.41) is 0. The predicted molar refractivity (Wildman–Crippen MR) is 80.5 cm³/mol. The van der Waals surface area contributed by atoms with Crippen LogP contribution in [0.25, 0.3) is 0 Å². The van der Waals surface area contributed by atoms with Crippen LogP contribution in [0.1, 0.15) is 33.6 Å². The van der Waals surface area contributed by atoms with E-state index in [-0.39, 0.29) is 5.78 Å². The molecule has 2 aromatic rings. The molecule has 0 heterocycles. The molecule has 0 spiro atoms. The summed E-state index contributed by atoms with van der Waals surface area (Å²) in [5.74, 6) is 0.197. The molecule has 0 saturated carbocycles. The topological polar surface area (TPSA) is 69.4 Å². The van der Waals surface area contributed by atoms with Crippen LogP contribution in [0.3, 0.4) is 0 Å². The van der Waals surface area contributed by atoms with Crippen LogP contribution >= 0.6 is 0 Å². The zero-order valence-electron chi connectivity index (χ0n) is 11.6. The van der Waals surface area contributed by atoms with Crippen molar-refractivity contribution in [2.75, 3.05) is 6.61 Å². The number of carbonyl (C=O) groups is 2. The maximum atomic E-state index is 11.9. The lowest BCUT2D eigenvalue weighted by atomic mass is 10.1. The molecule has 2 aromatic carbocycles. The molecule has 0 fully saturated rings. The fraction of sp³-hybridized carbons (Fsp3) is 0.176. The van der Waals surface area contributed by atoms with Gasteiger partial charge in [-0.1, -0.05) is 36.4 Å².